The van der Waals surface area contributed by atoms with Gasteiger partial charge in [-0.3, -0.25) is 9.59 Å². The van der Waals surface area contributed by atoms with E-state index in [1.165, 1.54) is 6.07 Å². The van der Waals surface area contributed by atoms with Gasteiger partial charge in [0.2, 0.25) is 5.91 Å². The second-order valence-corrected chi connectivity index (χ2v) is 7.89. The molecule has 0 aliphatic carbocycles. The Kier molecular flexibility index (Phi) is 4.90. The summed E-state index contributed by atoms with van der Waals surface area (Å²) in [5.41, 5.74) is 0.554. The van der Waals surface area contributed by atoms with E-state index in [2.05, 4.69) is 0 Å². The van der Waals surface area contributed by atoms with Gasteiger partial charge < -0.3 is 19.3 Å². The van der Waals surface area contributed by atoms with Gasteiger partial charge in [0.05, 0.1) is 32.9 Å². The van der Waals surface area contributed by atoms with Crippen LogP contribution in [0, 0.1) is 18.7 Å². The average Bonchev–Trinajstić information content (AvgIpc) is 3.07. The second-order valence-electron chi connectivity index (χ2n) is 7.89. The van der Waals surface area contributed by atoms with E-state index in [-0.39, 0.29) is 29.2 Å². The van der Waals surface area contributed by atoms with Gasteiger partial charge in [-0.1, -0.05) is 6.07 Å². The Morgan fingerprint density at radius 1 is 1.22 bits per heavy atom. The molecule has 0 saturated carbocycles. The normalized spacial score (nSPS) is 24.1. The Hall–Kier alpha value is -1.99. The number of morpholine rings is 1. The molecule has 0 N–H and O–H groups in total. The van der Waals surface area contributed by atoms with E-state index in [9.17, 15) is 14.0 Å². The monoisotopic (exact) mass is 376 g/mol. The molecule has 146 valence electrons. The summed E-state index contributed by atoms with van der Waals surface area (Å²) in [6.07, 6.45) is 1.27. The van der Waals surface area contributed by atoms with Gasteiger partial charge >= 0.3 is 0 Å². The van der Waals surface area contributed by atoms with Crippen LogP contribution in [0.15, 0.2) is 18.2 Å². The fourth-order valence-electron chi connectivity index (χ4n) is 4.18. The van der Waals surface area contributed by atoms with Gasteiger partial charge in [-0.15, -0.1) is 0 Å². The summed E-state index contributed by atoms with van der Waals surface area (Å²) in [4.78, 5) is 28.5. The molecule has 0 bridgehead atoms. The van der Waals surface area contributed by atoms with Crippen molar-refractivity contribution in [2.45, 2.75) is 25.4 Å². The largest absolute Gasteiger partial charge is 0.378 e. The molecule has 2 amide bonds. The van der Waals surface area contributed by atoms with Crippen LogP contribution in [-0.2, 0) is 14.3 Å². The summed E-state index contributed by atoms with van der Waals surface area (Å²) in [5, 5.41) is 0. The maximum atomic E-state index is 13.7. The number of rotatable bonds is 3. The summed E-state index contributed by atoms with van der Waals surface area (Å²) >= 11 is 0. The van der Waals surface area contributed by atoms with Gasteiger partial charge in [-0.05, 0) is 37.0 Å². The molecular formula is C20H25FN2O4. The molecule has 3 saturated heterocycles. The van der Waals surface area contributed by atoms with Crippen molar-refractivity contribution < 1.29 is 23.5 Å². The quantitative estimate of drug-likeness (QED) is 0.804. The van der Waals surface area contributed by atoms with E-state index in [0.29, 0.717) is 63.5 Å². The lowest BCUT2D eigenvalue weighted by molar-refractivity contribution is -0.136. The fraction of sp³-hybridized carbons (Fsp3) is 0.600. The highest BCUT2D eigenvalue weighted by molar-refractivity contribution is 5.95. The molecule has 3 fully saturated rings. The number of carbonyl (C=O) groups excluding carboxylic acids is 2. The lowest BCUT2D eigenvalue weighted by atomic mass is 9.85. The van der Waals surface area contributed by atoms with Crippen molar-refractivity contribution in [3.05, 3.63) is 35.1 Å². The predicted molar refractivity (Wildman–Crippen MR) is 95.8 cm³/mol. The minimum Gasteiger partial charge on any atom is -0.378 e. The molecule has 3 aliphatic rings. The van der Waals surface area contributed by atoms with Crippen molar-refractivity contribution in [1.29, 1.82) is 0 Å². The summed E-state index contributed by atoms with van der Waals surface area (Å²) in [6, 6.07) is 4.57. The summed E-state index contributed by atoms with van der Waals surface area (Å²) in [7, 11) is 0. The van der Waals surface area contributed by atoms with Crippen molar-refractivity contribution in [3.8, 4) is 0 Å². The Morgan fingerprint density at radius 2 is 1.96 bits per heavy atom. The van der Waals surface area contributed by atoms with Crippen LogP contribution in [0.5, 0.6) is 0 Å². The molecule has 1 atom stereocenters. The van der Waals surface area contributed by atoms with E-state index in [0.717, 1.165) is 6.42 Å². The van der Waals surface area contributed by atoms with E-state index in [4.69, 9.17) is 9.47 Å². The molecule has 0 radical (unpaired) electrons. The molecular weight excluding hydrogens is 351 g/mol. The third-order valence-corrected chi connectivity index (χ3v) is 5.78. The first-order chi connectivity index (χ1) is 13.0. The van der Waals surface area contributed by atoms with Gasteiger partial charge in [-0.2, -0.15) is 0 Å². The van der Waals surface area contributed by atoms with Crippen molar-refractivity contribution in [2.24, 2.45) is 5.92 Å². The van der Waals surface area contributed by atoms with Crippen molar-refractivity contribution in [2.75, 3.05) is 46.0 Å². The van der Waals surface area contributed by atoms with E-state index in [1.54, 1.807) is 24.0 Å². The first-order valence-corrected chi connectivity index (χ1v) is 9.51. The van der Waals surface area contributed by atoms with Crippen LogP contribution in [0.1, 0.15) is 28.8 Å². The van der Waals surface area contributed by atoms with Gasteiger partial charge in [-0.25, -0.2) is 4.39 Å². The Morgan fingerprint density at radius 3 is 2.67 bits per heavy atom. The van der Waals surface area contributed by atoms with E-state index < -0.39 is 0 Å². The molecule has 0 aromatic heterocycles. The van der Waals surface area contributed by atoms with Crippen molar-refractivity contribution in [1.82, 2.24) is 9.80 Å². The maximum absolute atomic E-state index is 13.7. The second kappa shape index (κ2) is 7.20. The van der Waals surface area contributed by atoms with Crippen LogP contribution < -0.4 is 0 Å². The van der Waals surface area contributed by atoms with Crippen LogP contribution in [0.3, 0.4) is 0 Å². The predicted octanol–water partition coefficient (Wildman–Crippen LogP) is 1.61. The molecule has 1 aromatic carbocycles. The zero-order valence-corrected chi connectivity index (χ0v) is 15.6. The number of hydrogen-bond donors (Lipinski definition) is 0. The number of amides is 2. The molecule has 6 nitrogen and oxygen atoms in total. The Balaban J connectivity index is 1.29. The van der Waals surface area contributed by atoms with Crippen LogP contribution in [0.25, 0.3) is 0 Å². The topological polar surface area (TPSA) is 59.1 Å². The number of likely N-dealkylation sites (tertiary alicyclic amines) is 1. The van der Waals surface area contributed by atoms with Gasteiger partial charge in [0.25, 0.3) is 5.91 Å². The fourth-order valence-corrected chi connectivity index (χ4v) is 4.18. The lowest BCUT2D eigenvalue weighted by Crippen LogP contribution is -2.63. The molecule has 3 heterocycles. The first-order valence-electron chi connectivity index (χ1n) is 9.51. The molecule has 1 aromatic rings. The average molecular weight is 376 g/mol. The molecule has 27 heavy (non-hydrogen) atoms. The first kappa shape index (κ1) is 18.4. The third kappa shape index (κ3) is 3.71. The zero-order valence-electron chi connectivity index (χ0n) is 15.6. The minimum absolute atomic E-state index is 0.159. The number of ether oxygens (including phenoxy) is 2. The number of nitrogens with zero attached hydrogens (tertiary/aromatic N) is 2. The molecule has 7 heteroatoms. The number of carbonyl (C=O) groups is 2. The number of halogens is 1. The van der Waals surface area contributed by atoms with Crippen LogP contribution in [0.4, 0.5) is 4.39 Å². The Bertz CT molecular complexity index is 741. The molecule has 3 aliphatic heterocycles. The standard InChI is InChI=1S/C20H25FN2O4/c1-14-2-3-16(9-17(14)21)19(25)23-12-20(13-23)10-15(11-27-20)8-18(24)22-4-6-26-7-5-22/h2-3,9,15H,4-8,10-13H2,1H3. The van der Waals surface area contributed by atoms with Gasteiger partial charge in [0.15, 0.2) is 0 Å². The highest BCUT2D eigenvalue weighted by atomic mass is 19.1. The zero-order chi connectivity index (χ0) is 19.0. The Labute approximate surface area is 158 Å². The van der Waals surface area contributed by atoms with Crippen LogP contribution >= 0.6 is 0 Å². The van der Waals surface area contributed by atoms with Gasteiger partial charge in [0.1, 0.15) is 11.4 Å². The molecule has 1 unspecified atom stereocenters. The molecule has 1 spiro atoms. The molecule has 4 rings (SSSR count). The van der Waals surface area contributed by atoms with Crippen molar-refractivity contribution >= 4 is 11.8 Å². The van der Waals surface area contributed by atoms with E-state index in [1.807, 2.05) is 4.90 Å². The maximum Gasteiger partial charge on any atom is 0.254 e. The third-order valence-electron chi connectivity index (χ3n) is 5.78. The van der Waals surface area contributed by atoms with Crippen LogP contribution in [0.2, 0.25) is 0 Å². The number of aryl methyl sites for hydroxylation is 1. The summed E-state index contributed by atoms with van der Waals surface area (Å²) in [5.74, 6) is -0.188. The lowest BCUT2D eigenvalue weighted by Gasteiger charge is -2.47. The number of benzene rings is 1. The highest BCUT2D eigenvalue weighted by Gasteiger charge is 2.51. The summed E-state index contributed by atoms with van der Waals surface area (Å²) < 4.78 is 25.0. The highest BCUT2D eigenvalue weighted by Crippen LogP contribution is 2.39. The smallest absolute Gasteiger partial charge is 0.254 e. The van der Waals surface area contributed by atoms with Crippen LogP contribution in [-0.4, -0.2) is 73.2 Å². The number of hydrogen-bond acceptors (Lipinski definition) is 4. The van der Waals surface area contributed by atoms with Crippen molar-refractivity contribution in [3.63, 3.8) is 0 Å². The SMILES string of the molecule is Cc1ccc(C(=O)N2CC3(CC(CC(=O)N4CCOCC4)CO3)C2)cc1F. The minimum atomic E-state index is -0.366. The summed E-state index contributed by atoms with van der Waals surface area (Å²) in [6.45, 7) is 5.76. The van der Waals surface area contributed by atoms with E-state index >= 15 is 0 Å². The van der Waals surface area contributed by atoms with Gasteiger partial charge in [0, 0.05) is 25.1 Å².